The van der Waals surface area contributed by atoms with Crippen molar-refractivity contribution in [3.05, 3.63) is 23.9 Å². The predicted molar refractivity (Wildman–Crippen MR) is 67.3 cm³/mol. The number of carbonyl (C=O) groups is 1. The van der Waals surface area contributed by atoms with Crippen molar-refractivity contribution in [1.29, 1.82) is 0 Å². The Morgan fingerprint density at radius 2 is 2.29 bits per heavy atom. The molecule has 0 aromatic carbocycles. The van der Waals surface area contributed by atoms with E-state index in [9.17, 15) is 4.79 Å². The number of pyridine rings is 1. The highest BCUT2D eigenvalue weighted by Gasteiger charge is 2.25. The molecule has 0 amide bonds. The molecule has 4 heteroatoms. The number of rotatable bonds is 3. The van der Waals surface area contributed by atoms with Crippen molar-refractivity contribution in [3.63, 3.8) is 0 Å². The molecule has 0 spiro atoms. The summed E-state index contributed by atoms with van der Waals surface area (Å²) in [6, 6.07) is 3.86. The molecular weight excluding hydrogens is 214 g/mol. The van der Waals surface area contributed by atoms with Gasteiger partial charge in [0.15, 0.2) is 0 Å². The van der Waals surface area contributed by atoms with Gasteiger partial charge in [-0.25, -0.2) is 4.98 Å². The zero-order valence-electron chi connectivity index (χ0n) is 9.93. The first-order chi connectivity index (χ1) is 8.16. The van der Waals surface area contributed by atoms with Gasteiger partial charge in [0.25, 0.3) is 0 Å². The van der Waals surface area contributed by atoms with Crippen LogP contribution in [-0.4, -0.2) is 16.8 Å². The number of ketones is 1. The fraction of sp³-hybridized carbons (Fsp3) is 0.538. The Morgan fingerprint density at radius 1 is 1.47 bits per heavy atom. The number of nitrogens with zero attached hydrogens (tertiary/aromatic N) is 1. The number of hydrogen-bond donors (Lipinski definition) is 2. The van der Waals surface area contributed by atoms with E-state index in [1.807, 2.05) is 12.1 Å². The summed E-state index contributed by atoms with van der Waals surface area (Å²) < 4.78 is 0. The van der Waals surface area contributed by atoms with Crippen molar-refractivity contribution >= 4 is 11.6 Å². The lowest BCUT2D eigenvalue weighted by molar-refractivity contribution is -0.123. The molecule has 1 fully saturated rings. The molecule has 1 heterocycles. The van der Waals surface area contributed by atoms with Crippen LogP contribution in [0.2, 0.25) is 0 Å². The molecule has 2 rings (SSSR count). The van der Waals surface area contributed by atoms with Crippen LogP contribution >= 0.6 is 0 Å². The first kappa shape index (κ1) is 12.0. The topological polar surface area (TPSA) is 82.0 Å². The van der Waals surface area contributed by atoms with Gasteiger partial charge in [-0.05, 0) is 25.3 Å². The molecule has 2 atom stereocenters. The standard InChI is InChI=1S/C13H19N3O/c14-11-5-1-3-9(7-11)12(17)8-10-4-2-6-16-13(10)15/h2,4,6,9,11H,1,3,5,7-8,14H2,(H2,15,16). The van der Waals surface area contributed by atoms with Gasteiger partial charge in [-0.1, -0.05) is 12.5 Å². The lowest BCUT2D eigenvalue weighted by Crippen LogP contribution is -2.32. The second kappa shape index (κ2) is 5.27. The molecule has 92 valence electrons. The smallest absolute Gasteiger partial charge is 0.140 e. The van der Waals surface area contributed by atoms with Crippen LogP contribution in [0, 0.1) is 5.92 Å². The summed E-state index contributed by atoms with van der Waals surface area (Å²) in [6.07, 6.45) is 5.90. The Bertz CT molecular complexity index is 405. The molecule has 1 aliphatic rings. The Kier molecular flexibility index (Phi) is 3.74. The minimum Gasteiger partial charge on any atom is -0.383 e. The summed E-state index contributed by atoms with van der Waals surface area (Å²) in [6.45, 7) is 0. The van der Waals surface area contributed by atoms with Crippen LogP contribution in [0.15, 0.2) is 18.3 Å². The fourth-order valence-electron chi connectivity index (χ4n) is 2.45. The van der Waals surface area contributed by atoms with E-state index in [0.29, 0.717) is 12.2 Å². The van der Waals surface area contributed by atoms with Gasteiger partial charge in [-0.2, -0.15) is 0 Å². The molecule has 2 unspecified atom stereocenters. The molecule has 1 aromatic heterocycles. The van der Waals surface area contributed by atoms with Crippen molar-refractivity contribution in [2.45, 2.75) is 38.1 Å². The van der Waals surface area contributed by atoms with E-state index in [-0.39, 0.29) is 17.7 Å². The Hall–Kier alpha value is -1.42. The minimum absolute atomic E-state index is 0.110. The summed E-state index contributed by atoms with van der Waals surface area (Å²) in [7, 11) is 0. The Labute approximate surface area is 101 Å². The molecule has 1 aromatic rings. The van der Waals surface area contributed by atoms with Crippen LogP contribution in [0.3, 0.4) is 0 Å². The van der Waals surface area contributed by atoms with Gasteiger partial charge in [0.2, 0.25) is 0 Å². The van der Waals surface area contributed by atoms with E-state index in [4.69, 9.17) is 11.5 Å². The highest BCUT2D eigenvalue weighted by molar-refractivity contribution is 5.84. The van der Waals surface area contributed by atoms with Gasteiger partial charge >= 0.3 is 0 Å². The molecule has 0 bridgehead atoms. The van der Waals surface area contributed by atoms with E-state index < -0.39 is 0 Å². The van der Waals surface area contributed by atoms with E-state index >= 15 is 0 Å². The van der Waals surface area contributed by atoms with Gasteiger partial charge in [0.1, 0.15) is 11.6 Å². The first-order valence-electron chi connectivity index (χ1n) is 6.14. The third-order valence-electron chi connectivity index (χ3n) is 3.46. The largest absolute Gasteiger partial charge is 0.383 e. The predicted octanol–water partition coefficient (Wildman–Crippen LogP) is 1.29. The first-order valence-corrected chi connectivity index (χ1v) is 6.14. The van der Waals surface area contributed by atoms with E-state index in [0.717, 1.165) is 31.2 Å². The number of aromatic nitrogens is 1. The number of anilines is 1. The lowest BCUT2D eigenvalue weighted by atomic mass is 9.82. The van der Waals surface area contributed by atoms with Crippen LogP contribution in [0.25, 0.3) is 0 Å². The molecule has 0 saturated heterocycles. The van der Waals surface area contributed by atoms with Crippen LogP contribution in [0.1, 0.15) is 31.2 Å². The maximum atomic E-state index is 12.1. The average Bonchev–Trinajstić information content (AvgIpc) is 2.32. The minimum atomic E-state index is 0.110. The summed E-state index contributed by atoms with van der Waals surface area (Å²) in [5, 5.41) is 0. The second-order valence-electron chi connectivity index (χ2n) is 4.81. The van der Waals surface area contributed by atoms with Crippen LogP contribution < -0.4 is 11.5 Å². The van der Waals surface area contributed by atoms with Crippen LogP contribution in [0.4, 0.5) is 5.82 Å². The highest BCUT2D eigenvalue weighted by Crippen LogP contribution is 2.25. The van der Waals surface area contributed by atoms with Crippen molar-refractivity contribution < 1.29 is 4.79 Å². The monoisotopic (exact) mass is 233 g/mol. The van der Waals surface area contributed by atoms with Gasteiger partial charge < -0.3 is 11.5 Å². The zero-order chi connectivity index (χ0) is 12.3. The molecule has 0 aliphatic heterocycles. The number of nitrogen functional groups attached to an aromatic ring is 1. The molecule has 1 saturated carbocycles. The molecule has 17 heavy (non-hydrogen) atoms. The van der Waals surface area contributed by atoms with E-state index in [2.05, 4.69) is 4.98 Å². The number of nitrogens with two attached hydrogens (primary N) is 2. The second-order valence-corrected chi connectivity index (χ2v) is 4.81. The highest BCUT2D eigenvalue weighted by atomic mass is 16.1. The maximum Gasteiger partial charge on any atom is 0.140 e. The van der Waals surface area contributed by atoms with Gasteiger partial charge in [-0.3, -0.25) is 4.79 Å². The van der Waals surface area contributed by atoms with Gasteiger partial charge in [-0.15, -0.1) is 0 Å². The van der Waals surface area contributed by atoms with Crippen molar-refractivity contribution in [3.8, 4) is 0 Å². The number of hydrogen-bond acceptors (Lipinski definition) is 4. The Morgan fingerprint density at radius 3 is 3.00 bits per heavy atom. The molecular formula is C13H19N3O. The van der Waals surface area contributed by atoms with E-state index in [1.165, 1.54) is 0 Å². The van der Waals surface area contributed by atoms with Crippen molar-refractivity contribution in [2.24, 2.45) is 11.7 Å². The van der Waals surface area contributed by atoms with Crippen LogP contribution in [0.5, 0.6) is 0 Å². The van der Waals surface area contributed by atoms with Gasteiger partial charge in [0, 0.05) is 30.1 Å². The quantitative estimate of drug-likeness (QED) is 0.824. The molecule has 0 radical (unpaired) electrons. The number of Topliss-reactive ketones (excluding diaryl/α,β-unsaturated/α-hetero) is 1. The summed E-state index contributed by atoms with van der Waals surface area (Å²) in [5.41, 5.74) is 12.5. The van der Waals surface area contributed by atoms with Gasteiger partial charge in [0.05, 0.1) is 0 Å². The third kappa shape index (κ3) is 3.03. The SMILES string of the molecule is Nc1ncccc1CC(=O)C1CCCC(N)C1. The fourth-order valence-corrected chi connectivity index (χ4v) is 2.45. The number of carbonyl (C=O) groups excluding carboxylic acids is 1. The normalized spacial score (nSPS) is 24.5. The van der Waals surface area contributed by atoms with Crippen molar-refractivity contribution in [1.82, 2.24) is 4.98 Å². The molecule has 4 N–H and O–H groups in total. The summed E-state index contributed by atoms with van der Waals surface area (Å²) in [4.78, 5) is 16.1. The summed E-state index contributed by atoms with van der Waals surface area (Å²) >= 11 is 0. The summed E-state index contributed by atoms with van der Waals surface area (Å²) in [5.74, 6) is 0.819. The lowest BCUT2D eigenvalue weighted by Gasteiger charge is -2.25. The average molecular weight is 233 g/mol. The maximum absolute atomic E-state index is 12.1. The Balaban J connectivity index is 1.99. The van der Waals surface area contributed by atoms with Crippen LogP contribution in [-0.2, 0) is 11.2 Å². The van der Waals surface area contributed by atoms with Crippen molar-refractivity contribution in [2.75, 3.05) is 5.73 Å². The molecule has 1 aliphatic carbocycles. The molecule has 4 nitrogen and oxygen atoms in total. The zero-order valence-corrected chi connectivity index (χ0v) is 9.93. The van der Waals surface area contributed by atoms with E-state index in [1.54, 1.807) is 6.20 Å². The third-order valence-corrected chi connectivity index (χ3v) is 3.46.